The first-order valence-corrected chi connectivity index (χ1v) is 3.22. The average molecular weight is 113 g/mol. The van der Waals surface area contributed by atoms with Gasteiger partial charge in [-0.2, -0.15) is 7.05 Å². The zero-order valence-corrected chi connectivity index (χ0v) is 5.35. The van der Waals surface area contributed by atoms with Crippen LogP contribution < -0.4 is 5.32 Å². The Morgan fingerprint density at radius 3 is 3.12 bits per heavy atom. The molecule has 0 unspecified atom stereocenters. The highest BCUT2D eigenvalue weighted by Gasteiger charge is 2.07. The van der Waals surface area contributed by atoms with Crippen LogP contribution in [0.1, 0.15) is 12.8 Å². The van der Waals surface area contributed by atoms with Gasteiger partial charge < -0.3 is 10.6 Å². The monoisotopic (exact) mass is 113 g/mol. The highest BCUT2D eigenvalue weighted by molar-refractivity contribution is 4.85. The molecule has 1 N–H and O–H groups in total. The Morgan fingerprint density at radius 2 is 2.62 bits per heavy atom. The summed E-state index contributed by atoms with van der Waals surface area (Å²) >= 11 is 0. The summed E-state index contributed by atoms with van der Waals surface area (Å²) in [4.78, 5) is 0. The summed E-state index contributed by atoms with van der Waals surface area (Å²) < 4.78 is 0. The van der Waals surface area contributed by atoms with Crippen molar-refractivity contribution in [2.75, 3.05) is 20.1 Å². The lowest BCUT2D eigenvalue weighted by atomic mass is 10.2. The molecule has 0 spiro atoms. The quantitative estimate of drug-likeness (QED) is 0.561. The van der Waals surface area contributed by atoms with Gasteiger partial charge >= 0.3 is 0 Å². The van der Waals surface area contributed by atoms with Crippen LogP contribution in [0.5, 0.6) is 0 Å². The Morgan fingerprint density at radius 1 is 1.75 bits per heavy atom. The third-order valence-corrected chi connectivity index (χ3v) is 1.57. The number of hydrogen-bond acceptors (Lipinski definition) is 1. The summed E-state index contributed by atoms with van der Waals surface area (Å²) in [5, 5.41) is 7.42. The molecule has 1 heterocycles. The minimum atomic E-state index is 0.694. The van der Waals surface area contributed by atoms with Gasteiger partial charge in [0.2, 0.25) is 0 Å². The van der Waals surface area contributed by atoms with Crippen LogP contribution in [0.2, 0.25) is 0 Å². The minimum Gasteiger partial charge on any atom is -0.664 e. The topological polar surface area (TPSA) is 26.1 Å². The molecule has 0 aliphatic carbocycles. The molecule has 0 saturated carbocycles. The van der Waals surface area contributed by atoms with Crippen molar-refractivity contribution in [3.05, 3.63) is 5.32 Å². The zero-order valence-electron chi connectivity index (χ0n) is 5.35. The molecule has 1 aliphatic rings. The third-order valence-electron chi connectivity index (χ3n) is 1.57. The zero-order chi connectivity index (χ0) is 5.82. The third kappa shape index (κ3) is 1.46. The van der Waals surface area contributed by atoms with Crippen molar-refractivity contribution in [3.8, 4) is 0 Å². The molecule has 1 aliphatic heterocycles. The number of nitrogens with zero attached hydrogens (tertiary/aromatic N) is 1. The first-order chi connectivity index (χ1) is 3.93. The van der Waals surface area contributed by atoms with Gasteiger partial charge in [0.05, 0.1) is 0 Å². The summed E-state index contributed by atoms with van der Waals surface area (Å²) in [6.07, 6.45) is 2.65. The van der Waals surface area contributed by atoms with Crippen LogP contribution in [0.4, 0.5) is 0 Å². The van der Waals surface area contributed by atoms with E-state index in [1.165, 1.54) is 19.4 Å². The lowest BCUT2D eigenvalue weighted by Gasteiger charge is -2.17. The molecule has 0 aromatic heterocycles. The molecule has 0 radical (unpaired) electrons. The summed E-state index contributed by atoms with van der Waals surface area (Å²) in [6.45, 7) is 2.19. The standard InChI is InChI=1S/C6H13N2/c1-7-5-6-3-2-4-8-6/h6,8H,2-5H2,1H3/q-1/t6-/m0/s1. The Kier molecular flexibility index (Phi) is 2.30. The van der Waals surface area contributed by atoms with Gasteiger partial charge in [-0.3, -0.25) is 0 Å². The minimum absolute atomic E-state index is 0.694. The van der Waals surface area contributed by atoms with Crippen molar-refractivity contribution in [2.45, 2.75) is 18.9 Å². The van der Waals surface area contributed by atoms with E-state index in [2.05, 4.69) is 10.6 Å². The molecule has 0 amide bonds. The maximum absolute atomic E-state index is 4.06. The molecule has 2 nitrogen and oxygen atoms in total. The van der Waals surface area contributed by atoms with Crippen LogP contribution in [0.15, 0.2) is 0 Å². The van der Waals surface area contributed by atoms with E-state index in [9.17, 15) is 0 Å². The lowest BCUT2D eigenvalue weighted by Crippen LogP contribution is -2.24. The van der Waals surface area contributed by atoms with E-state index in [-0.39, 0.29) is 0 Å². The van der Waals surface area contributed by atoms with E-state index in [4.69, 9.17) is 0 Å². The average Bonchev–Trinajstić information content (AvgIpc) is 2.19. The fraction of sp³-hybridized carbons (Fsp3) is 1.00. The molecule has 0 aromatic rings. The molecule has 1 fully saturated rings. The molecule has 0 bridgehead atoms. The van der Waals surface area contributed by atoms with Gasteiger partial charge in [-0.05, 0) is 25.4 Å². The van der Waals surface area contributed by atoms with Crippen molar-refractivity contribution in [1.29, 1.82) is 0 Å². The molecule has 0 aromatic carbocycles. The summed E-state index contributed by atoms with van der Waals surface area (Å²) in [5.41, 5.74) is 0. The summed E-state index contributed by atoms with van der Waals surface area (Å²) in [5.74, 6) is 0. The van der Waals surface area contributed by atoms with Crippen molar-refractivity contribution in [2.24, 2.45) is 0 Å². The van der Waals surface area contributed by atoms with E-state index in [0.717, 1.165) is 6.54 Å². The highest BCUT2D eigenvalue weighted by atomic mass is 15.0. The Balaban J connectivity index is 2.06. The normalized spacial score (nSPS) is 28.9. The van der Waals surface area contributed by atoms with Crippen molar-refractivity contribution >= 4 is 0 Å². The molecule has 8 heavy (non-hydrogen) atoms. The van der Waals surface area contributed by atoms with Crippen LogP contribution in [0, 0.1) is 0 Å². The largest absolute Gasteiger partial charge is 0.664 e. The van der Waals surface area contributed by atoms with Gasteiger partial charge in [-0.25, -0.2) is 0 Å². The fourth-order valence-corrected chi connectivity index (χ4v) is 1.13. The Bertz CT molecular complexity index is 57.5. The van der Waals surface area contributed by atoms with E-state index >= 15 is 0 Å². The van der Waals surface area contributed by atoms with Gasteiger partial charge in [0.25, 0.3) is 0 Å². The molecule has 1 rings (SSSR count). The van der Waals surface area contributed by atoms with Crippen LogP contribution in [-0.2, 0) is 0 Å². The van der Waals surface area contributed by atoms with Crippen molar-refractivity contribution in [3.63, 3.8) is 0 Å². The first-order valence-electron chi connectivity index (χ1n) is 3.22. The molecular weight excluding hydrogens is 100 g/mol. The molecular formula is C6H13N2-. The van der Waals surface area contributed by atoms with Crippen LogP contribution >= 0.6 is 0 Å². The van der Waals surface area contributed by atoms with E-state index in [1.807, 2.05) is 7.05 Å². The fourth-order valence-electron chi connectivity index (χ4n) is 1.13. The second-order valence-electron chi connectivity index (χ2n) is 2.29. The summed E-state index contributed by atoms with van der Waals surface area (Å²) in [7, 11) is 1.88. The molecule has 1 saturated heterocycles. The lowest BCUT2D eigenvalue weighted by molar-refractivity contribution is 0.640. The van der Waals surface area contributed by atoms with Gasteiger partial charge in [0, 0.05) is 0 Å². The SMILES string of the molecule is C[N-]C[C@@H]1CCCN1. The second-order valence-corrected chi connectivity index (χ2v) is 2.29. The smallest absolute Gasteiger partial charge is 0.00465 e. The van der Waals surface area contributed by atoms with Gasteiger partial charge in [-0.15, -0.1) is 6.54 Å². The maximum atomic E-state index is 4.06. The number of likely N-dealkylation sites (N-methyl/N-ethyl adjacent to an activating group) is 1. The van der Waals surface area contributed by atoms with Crippen molar-refractivity contribution in [1.82, 2.24) is 5.32 Å². The van der Waals surface area contributed by atoms with E-state index in [0.29, 0.717) is 6.04 Å². The van der Waals surface area contributed by atoms with E-state index in [1.54, 1.807) is 0 Å². The number of hydrogen-bond donors (Lipinski definition) is 1. The maximum Gasteiger partial charge on any atom is -0.00465 e. The molecule has 1 atom stereocenters. The predicted octanol–water partition coefficient (Wildman–Crippen LogP) is 0.742. The van der Waals surface area contributed by atoms with Crippen LogP contribution in [0.25, 0.3) is 5.32 Å². The first kappa shape index (κ1) is 6.05. The highest BCUT2D eigenvalue weighted by Crippen LogP contribution is 2.05. The Hall–Kier alpha value is -0.0800. The van der Waals surface area contributed by atoms with Crippen molar-refractivity contribution < 1.29 is 0 Å². The second kappa shape index (κ2) is 3.05. The number of rotatable bonds is 2. The van der Waals surface area contributed by atoms with Crippen LogP contribution in [0.3, 0.4) is 0 Å². The predicted molar refractivity (Wildman–Crippen MR) is 35.2 cm³/mol. The van der Waals surface area contributed by atoms with Gasteiger partial charge in [0.15, 0.2) is 0 Å². The van der Waals surface area contributed by atoms with Crippen LogP contribution in [-0.4, -0.2) is 26.2 Å². The van der Waals surface area contributed by atoms with Gasteiger partial charge in [-0.1, -0.05) is 0 Å². The number of nitrogens with one attached hydrogen (secondary N) is 1. The van der Waals surface area contributed by atoms with E-state index < -0.39 is 0 Å². The molecule has 2 heteroatoms. The molecule has 48 valence electrons. The summed E-state index contributed by atoms with van der Waals surface area (Å²) in [6, 6.07) is 0.694. The van der Waals surface area contributed by atoms with Gasteiger partial charge in [0.1, 0.15) is 0 Å². The Labute approximate surface area is 50.7 Å².